The van der Waals surface area contributed by atoms with Gasteiger partial charge in [-0.25, -0.2) is 4.79 Å². The molecule has 0 aromatic rings. The van der Waals surface area contributed by atoms with Crippen molar-refractivity contribution in [2.75, 3.05) is 13.2 Å². The van der Waals surface area contributed by atoms with Crippen LogP contribution in [0.5, 0.6) is 0 Å². The molecule has 0 amide bonds. The Morgan fingerprint density at radius 1 is 0.754 bits per heavy atom. The van der Waals surface area contributed by atoms with E-state index in [4.69, 9.17) is 33.2 Å². The number of fused-ring (bicyclic) bond motifs is 5. The van der Waals surface area contributed by atoms with Crippen molar-refractivity contribution in [1.29, 1.82) is 0 Å². The molecule has 4 heterocycles. The molecule has 61 heavy (non-hydrogen) atoms. The van der Waals surface area contributed by atoms with Crippen molar-refractivity contribution in [3.05, 3.63) is 11.6 Å². The number of hydrogen-bond donors (Lipinski definition) is 6. The highest BCUT2D eigenvalue weighted by Gasteiger charge is 2.71. The zero-order chi connectivity index (χ0) is 44.2. The molecule has 4 aliphatic heterocycles. The molecule has 21 atom stereocenters. The Bertz CT molecular complexity index is 1540. The van der Waals surface area contributed by atoms with Crippen LogP contribution in [0.3, 0.4) is 0 Å². The van der Waals surface area contributed by atoms with Gasteiger partial charge in [-0.15, -0.1) is 0 Å². The van der Waals surface area contributed by atoms with Crippen molar-refractivity contribution in [3.8, 4) is 0 Å². The summed E-state index contributed by atoms with van der Waals surface area (Å²) in [5.74, 6) is -0.00647. The van der Waals surface area contributed by atoms with Crippen LogP contribution in [0, 0.1) is 34.5 Å². The van der Waals surface area contributed by atoms with E-state index in [2.05, 4.69) is 11.7 Å². The summed E-state index contributed by atoms with van der Waals surface area (Å²) in [6, 6.07) is 0. The number of carbonyl (C=O) groups is 2. The maximum atomic E-state index is 12.6. The van der Waals surface area contributed by atoms with E-state index < -0.39 is 90.9 Å². The predicted octanol–water partition coefficient (Wildman–Crippen LogP) is 2.79. The number of rotatable bonds is 8. The molecule has 16 heteroatoms. The van der Waals surface area contributed by atoms with Crippen LogP contribution in [0.25, 0.3) is 0 Å². The van der Waals surface area contributed by atoms with Crippen molar-refractivity contribution in [1.82, 2.24) is 0 Å². The van der Waals surface area contributed by atoms with E-state index in [0.29, 0.717) is 25.4 Å². The van der Waals surface area contributed by atoms with E-state index >= 15 is 0 Å². The molecule has 16 nitrogen and oxygen atoms in total. The smallest absolute Gasteiger partial charge is 0.331 e. The largest absolute Gasteiger partial charge is 0.466 e. The molecule has 6 N–H and O–H groups in total. The van der Waals surface area contributed by atoms with E-state index in [1.807, 2.05) is 13.8 Å². The Morgan fingerprint density at radius 2 is 1.34 bits per heavy atom. The summed E-state index contributed by atoms with van der Waals surface area (Å²) in [6.07, 6.45) is -1.51. The highest BCUT2D eigenvalue weighted by Crippen LogP contribution is 2.70. The fourth-order valence-corrected chi connectivity index (χ4v) is 13.0. The third-order valence-electron chi connectivity index (χ3n) is 16.3. The van der Waals surface area contributed by atoms with Gasteiger partial charge in [0.05, 0.1) is 61.0 Å². The summed E-state index contributed by atoms with van der Waals surface area (Å²) in [5, 5.41) is 66.9. The second kappa shape index (κ2) is 18.6. The molecule has 4 saturated carbocycles. The molecule has 8 rings (SSSR count). The summed E-state index contributed by atoms with van der Waals surface area (Å²) in [4.78, 5) is 21.8. The molecule has 0 unspecified atom stereocenters. The van der Waals surface area contributed by atoms with Crippen LogP contribution in [-0.2, 0) is 47.5 Å². The molecular weight excluding hydrogens is 796 g/mol. The van der Waals surface area contributed by atoms with Gasteiger partial charge in [-0.2, -0.15) is 0 Å². The second-order valence-electron chi connectivity index (χ2n) is 19.7. The van der Waals surface area contributed by atoms with Crippen LogP contribution in [0.1, 0.15) is 119 Å². The normalized spacial score (nSPS) is 50.8. The number of carbonyl (C=O) groups excluding carboxylic acids is 2. The van der Waals surface area contributed by atoms with Gasteiger partial charge in [-0.1, -0.05) is 13.8 Å². The number of hydrogen-bond acceptors (Lipinski definition) is 16. The number of aliphatic hydroxyl groups is 6. The summed E-state index contributed by atoms with van der Waals surface area (Å²) in [5.41, 5.74) is -0.892. The fourth-order valence-electron chi connectivity index (χ4n) is 13.0. The molecule has 0 aromatic carbocycles. The molecule has 4 aliphatic carbocycles. The van der Waals surface area contributed by atoms with Gasteiger partial charge >= 0.3 is 11.9 Å². The minimum absolute atomic E-state index is 0.0452. The summed E-state index contributed by atoms with van der Waals surface area (Å²) in [7, 11) is 0. The second-order valence-corrected chi connectivity index (χ2v) is 19.7. The molecular formula is C45H72O16. The molecule has 3 saturated heterocycles. The number of ether oxygens (including phenoxy) is 8. The van der Waals surface area contributed by atoms with Crippen LogP contribution in [0.4, 0.5) is 0 Å². The maximum Gasteiger partial charge on any atom is 0.331 e. The summed E-state index contributed by atoms with van der Waals surface area (Å²) < 4.78 is 46.5. The molecule has 348 valence electrons. The van der Waals surface area contributed by atoms with Crippen molar-refractivity contribution >= 4 is 11.9 Å². The lowest BCUT2D eigenvalue weighted by Crippen LogP contribution is -2.67. The van der Waals surface area contributed by atoms with Crippen molar-refractivity contribution < 1.29 is 78.1 Å². The van der Waals surface area contributed by atoms with Gasteiger partial charge < -0.3 is 68.5 Å². The zero-order valence-electron chi connectivity index (χ0n) is 36.9. The molecule has 0 radical (unpaired) electrons. The standard InChI is InChI=1S/C41H64O14.C4H8O2/c1-19-36(47)28(42)15-34(50-19)54-38-21(3)52-35(17-30(38)44)55-37-20(2)51-33(16-29(37)43)53-24-8-10-39(4)23(13-24)6-7-26-27(39)14-31(45)40(5)25(9-11-41(26,40)48)22-12-32(46)49-18-22;1-3-6-4(2)5/h12,19-21,23-31,33-38,42-45,47-48H,6-11,13-18H2,1-5H3;3H2,1-2H3/t19-,20-,21-,23-,24+,25-,26-,27+,28+,29+,30+,31-,33+,34+,35+,36-,37-,38-,39+,40+,41+;/m1./s1. The minimum Gasteiger partial charge on any atom is -0.466 e. The Morgan fingerprint density at radius 3 is 1.87 bits per heavy atom. The van der Waals surface area contributed by atoms with Crippen LogP contribution in [0.2, 0.25) is 0 Å². The van der Waals surface area contributed by atoms with Gasteiger partial charge in [0.25, 0.3) is 0 Å². The van der Waals surface area contributed by atoms with Crippen molar-refractivity contribution in [2.45, 2.75) is 211 Å². The van der Waals surface area contributed by atoms with Gasteiger partial charge in [-0.05, 0) is 114 Å². The minimum atomic E-state index is -1.01. The fraction of sp³-hybridized carbons (Fsp3) is 0.911. The van der Waals surface area contributed by atoms with E-state index in [1.54, 1.807) is 26.8 Å². The SMILES string of the molecule is CCOC(C)=O.C[C@H]1O[C@@H](O[C@H]2[C@@H](O)C[C@H](O[C@H]3[C@@H](O)C[C@H](O[C@H]4CC[C@@]5(C)[C@H](CC[C@@H]6[C@@H]5C[C@@H](O)[C@]5(C)[C@@H](C7=CC(=O)OC7)CC[C@]65O)C4)O[C@@H]3C)O[C@@H]2C)C[C@H](O)[C@@H]1O. The first kappa shape index (κ1) is 47.2. The molecule has 0 spiro atoms. The van der Waals surface area contributed by atoms with E-state index in [9.17, 15) is 40.2 Å². The first-order valence-electron chi connectivity index (χ1n) is 22.8. The van der Waals surface area contributed by atoms with E-state index in [0.717, 1.165) is 44.1 Å². The van der Waals surface area contributed by atoms with Crippen molar-refractivity contribution in [3.63, 3.8) is 0 Å². The van der Waals surface area contributed by atoms with Crippen LogP contribution in [0.15, 0.2) is 11.6 Å². The quantitative estimate of drug-likeness (QED) is 0.152. The Balaban J connectivity index is 0.000000873. The first-order chi connectivity index (χ1) is 28.8. The van der Waals surface area contributed by atoms with Gasteiger partial charge in [-0.3, -0.25) is 4.79 Å². The monoisotopic (exact) mass is 868 g/mol. The number of esters is 2. The number of aliphatic hydroxyl groups excluding tert-OH is 5. The first-order valence-corrected chi connectivity index (χ1v) is 22.8. The van der Waals surface area contributed by atoms with Gasteiger partial charge in [0, 0.05) is 37.7 Å². The lowest BCUT2D eigenvalue weighted by molar-refractivity contribution is -0.336. The van der Waals surface area contributed by atoms with E-state index in [-0.39, 0.29) is 67.1 Å². The molecule has 8 aliphatic rings. The van der Waals surface area contributed by atoms with Gasteiger partial charge in [0.15, 0.2) is 18.9 Å². The summed E-state index contributed by atoms with van der Waals surface area (Å²) in [6.45, 7) is 13.5. The van der Waals surface area contributed by atoms with Crippen LogP contribution in [-0.4, -0.2) is 147 Å². The third-order valence-corrected chi connectivity index (χ3v) is 16.3. The Kier molecular flexibility index (Phi) is 14.4. The molecule has 0 bridgehead atoms. The number of cyclic esters (lactones) is 1. The van der Waals surface area contributed by atoms with E-state index in [1.165, 1.54) is 6.92 Å². The maximum absolute atomic E-state index is 12.6. The molecule has 0 aromatic heterocycles. The lowest BCUT2D eigenvalue weighted by Gasteiger charge is -2.65. The Hall–Kier alpha value is -1.80. The van der Waals surface area contributed by atoms with Gasteiger partial charge in [0.1, 0.15) is 24.9 Å². The topological polar surface area (TPSA) is 229 Å². The van der Waals surface area contributed by atoms with Crippen molar-refractivity contribution in [2.24, 2.45) is 34.5 Å². The average molecular weight is 869 g/mol. The highest BCUT2D eigenvalue weighted by atomic mass is 16.7. The predicted molar refractivity (Wildman–Crippen MR) is 215 cm³/mol. The molecule has 7 fully saturated rings. The average Bonchev–Trinajstić information content (AvgIpc) is 3.74. The van der Waals surface area contributed by atoms with Gasteiger partial charge in [0.2, 0.25) is 0 Å². The third kappa shape index (κ3) is 9.09. The highest BCUT2D eigenvalue weighted by molar-refractivity contribution is 5.85. The zero-order valence-corrected chi connectivity index (χ0v) is 36.9. The summed E-state index contributed by atoms with van der Waals surface area (Å²) >= 11 is 0. The van der Waals surface area contributed by atoms with Crippen LogP contribution < -0.4 is 0 Å². The van der Waals surface area contributed by atoms with Crippen LogP contribution >= 0.6 is 0 Å². The lowest BCUT2D eigenvalue weighted by atomic mass is 9.42. The Labute approximate surface area is 359 Å².